The third-order valence-corrected chi connectivity index (χ3v) is 3.48. The number of rotatable bonds is 5. The van der Waals surface area contributed by atoms with Crippen LogP contribution in [0.4, 0.5) is 4.39 Å². The Morgan fingerprint density at radius 1 is 1.50 bits per heavy atom. The van der Waals surface area contributed by atoms with Crippen LogP contribution in [0.25, 0.3) is 0 Å². The minimum absolute atomic E-state index is 0.248. The molecule has 1 unspecified atom stereocenters. The Morgan fingerprint density at radius 3 is 2.88 bits per heavy atom. The van der Waals surface area contributed by atoms with Crippen molar-refractivity contribution in [2.45, 2.75) is 25.5 Å². The van der Waals surface area contributed by atoms with Crippen molar-refractivity contribution in [3.8, 4) is 0 Å². The van der Waals surface area contributed by atoms with Gasteiger partial charge in [-0.25, -0.2) is 4.39 Å². The number of nitrogens with one attached hydrogen (secondary N) is 1. The molecule has 2 nitrogen and oxygen atoms in total. The van der Waals surface area contributed by atoms with Gasteiger partial charge < -0.3 is 10.4 Å². The van der Waals surface area contributed by atoms with Crippen LogP contribution in [0, 0.1) is 11.7 Å². The van der Waals surface area contributed by atoms with Gasteiger partial charge in [-0.05, 0) is 52.4 Å². The molecule has 0 bridgehead atoms. The van der Waals surface area contributed by atoms with E-state index < -0.39 is 0 Å². The summed E-state index contributed by atoms with van der Waals surface area (Å²) in [5, 5.41) is 12.8. The quantitative estimate of drug-likeness (QED) is 0.872. The van der Waals surface area contributed by atoms with Crippen molar-refractivity contribution in [1.29, 1.82) is 0 Å². The molecular formula is C12H15BrFNO. The van der Waals surface area contributed by atoms with Crippen molar-refractivity contribution in [2.75, 3.05) is 6.54 Å². The molecule has 4 heteroatoms. The van der Waals surface area contributed by atoms with Gasteiger partial charge >= 0.3 is 0 Å². The maximum Gasteiger partial charge on any atom is 0.137 e. The lowest BCUT2D eigenvalue weighted by Crippen LogP contribution is -2.27. The molecular weight excluding hydrogens is 273 g/mol. The first-order chi connectivity index (χ1) is 7.66. The highest BCUT2D eigenvalue weighted by molar-refractivity contribution is 9.10. The predicted octanol–water partition coefficient (Wildman–Crippen LogP) is 2.45. The normalized spacial score (nSPS) is 17.4. The maximum atomic E-state index is 13.2. The standard InChI is InChI=1S/C12H15BrFNO/c13-10-4-1-8(5-11(10)14)6-15-7-12(16)9-2-3-9/h1,4-5,9,12,15-16H,2-3,6-7H2. The van der Waals surface area contributed by atoms with Crippen LogP contribution >= 0.6 is 15.9 Å². The van der Waals surface area contributed by atoms with Crippen LogP contribution in [0.15, 0.2) is 22.7 Å². The largest absolute Gasteiger partial charge is 0.392 e. The fourth-order valence-corrected chi connectivity index (χ4v) is 1.91. The summed E-state index contributed by atoms with van der Waals surface area (Å²) in [6.07, 6.45) is 2.02. The van der Waals surface area contributed by atoms with E-state index in [0.29, 0.717) is 23.5 Å². The van der Waals surface area contributed by atoms with E-state index >= 15 is 0 Å². The van der Waals surface area contributed by atoms with Gasteiger partial charge in [0, 0.05) is 13.1 Å². The number of hydrogen-bond donors (Lipinski definition) is 2. The van der Waals surface area contributed by atoms with E-state index in [0.717, 1.165) is 18.4 Å². The number of aliphatic hydroxyl groups excluding tert-OH is 1. The van der Waals surface area contributed by atoms with Crippen molar-refractivity contribution >= 4 is 15.9 Å². The van der Waals surface area contributed by atoms with Gasteiger partial charge in [-0.1, -0.05) is 6.07 Å². The van der Waals surface area contributed by atoms with Gasteiger partial charge in [0.1, 0.15) is 5.82 Å². The molecule has 1 aliphatic rings. The van der Waals surface area contributed by atoms with Gasteiger partial charge in [0.25, 0.3) is 0 Å². The molecule has 2 N–H and O–H groups in total. The zero-order valence-electron chi connectivity index (χ0n) is 8.92. The Labute approximate surface area is 103 Å². The van der Waals surface area contributed by atoms with Crippen LogP contribution in [0.5, 0.6) is 0 Å². The molecule has 1 atom stereocenters. The summed E-state index contributed by atoms with van der Waals surface area (Å²) < 4.78 is 13.7. The number of aliphatic hydroxyl groups is 1. The minimum atomic E-state index is -0.250. The summed E-state index contributed by atoms with van der Waals surface area (Å²) >= 11 is 3.11. The smallest absolute Gasteiger partial charge is 0.137 e. The summed E-state index contributed by atoms with van der Waals surface area (Å²) in [6, 6.07) is 5.06. The Morgan fingerprint density at radius 2 is 2.25 bits per heavy atom. The SMILES string of the molecule is OC(CNCc1ccc(Br)c(F)c1)C1CC1. The fourth-order valence-electron chi connectivity index (χ4n) is 1.66. The Kier molecular flexibility index (Phi) is 3.95. The van der Waals surface area contributed by atoms with E-state index in [4.69, 9.17) is 0 Å². The van der Waals surface area contributed by atoms with Crippen molar-refractivity contribution in [2.24, 2.45) is 5.92 Å². The molecule has 0 aromatic heterocycles. The van der Waals surface area contributed by atoms with Gasteiger partial charge in [-0.3, -0.25) is 0 Å². The van der Waals surface area contributed by atoms with Crippen molar-refractivity contribution in [1.82, 2.24) is 5.32 Å². The summed E-state index contributed by atoms with van der Waals surface area (Å²) in [7, 11) is 0. The van der Waals surface area contributed by atoms with Gasteiger partial charge in [-0.2, -0.15) is 0 Å². The van der Waals surface area contributed by atoms with Crippen molar-refractivity contribution in [3.05, 3.63) is 34.1 Å². The molecule has 0 saturated heterocycles. The Balaban J connectivity index is 1.78. The molecule has 0 aliphatic heterocycles. The molecule has 1 saturated carbocycles. The van der Waals surface area contributed by atoms with Crippen LogP contribution in [0.3, 0.4) is 0 Å². The zero-order chi connectivity index (χ0) is 11.5. The second kappa shape index (κ2) is 5.25. The monoisotopic (exact) mass is 287 g/mol. The highest BCUT2D eigenvalue weighted by Crippen LogP contribution is 2.32. The molecule has 0 spiro atoms. The number of hydrogen-bond acceptors (Lipinski definition) is 2. The second-order valence-electron chi connectivity index (χ2n) is 4.28. The third kappa shape index (κ3) is 3.27. The third-order valence-electron chi connectivity index (χ3n) is 2.83. The second-order valence-corrected chi connectivity index (χ2v) is 5.14. The van der Waals surface area contributed by atoms with E-state index in [1.807, 2.05) is 6.07 Å². The highest BCUT2D eigenvalue weighted by Gasteiger charge is 2.28. The molecule has 0 amide bonds. The first-order valence-corrected chi connectivity index (χ1v) is 6.29. The van der Waals surface area contributed by atoms with E-state index in [1.165, 1.54) is 6.07 Å². The first-order valence-electron chi connectivity index (χ1n) is 5.49. The summed E-state index contributed by atoms with van der Waals surface area (Å²) in [4.78, 5) is 0. The molecule has 1 aromatic carbocycles. The van der Waals surface area contributed by atoms with E-state index in [1.54, 1.807) is 6.07 Å². The van der Waals surface area contributed by atoms with Gasteiger partial charge in [-0.15, -0.1) is 0 Å². The van der Waals surface area contributed by atoms with Crippen LogP contribution in [-0.4, -0.2) is 17.8 Å². The summed E-state index contributed by atoms with van der Waals surface area (Å²) in [5.74, 6) is 0.233. The average Bonchev–Trinajstić information content (AvgIpc) is 3.07. The molecule has 1 fully saturated rings. The molecule has 0 radical (unpaired) electrons. The predicted molar refractivity (Wildman–Crippen MR) is 64.5 cm³/mol. The van der Waals surface area contributed by atoms with Crippen LogP contribution < -0.4 is 5.32 Å². The van der Waals surface area contributed by atoms with Crippen LogP contribution in [-0.2, 0) is 6.54 Å². The zero-order valence-corrected chi connectivity index (χ0v) is 10.5. The molecule has 16 heavy (non-hydrogen) atoms. The molecule has 1 aliphatic carbocycles. The lowest BCUT2D eigenvalue weighted by atomic mass is 10.2. The Bertz CT molecular complexity index is 368. The summed E-state index contributed by atoms with van der Waals surface area (Å²) in [5.41, 5.74) is 0.892. The van der Waals surface area contributed by atoms with Crippen LogP contribution in [0.1, 0.15) is 18.4 Å². The first kappa shape index (κ1) is 12.0. The molecule has 88 valence electrons. The van der Waals surface area contributed by atoms with Crippen LogP contribution in [0.2, 0.25) is 0 Å². The topological polar surface area (TPSA) is 32.3 Å². The highest BCUT2D eigenvalue weighted by atomic mass is 79.9. The van der Waals surface area contributed by atoms with E-state index in [2.05, 4.69) is 21.2 Å². The van der Waals surface area contributed by atoms with E-state index in [9.17, 15) is 9.50 Å². The molecule has 0 heterocycles. The molecule has 1 aromatic rings. The maximum absolute atomic E-state index is 13.2. The Hall–Kier alpha value is -0.450. The minimum Gasteiger partial charge on any atom is -0.392 e. The van der Waals surface area contributed by atoms with Gasteiger partial charge in [0.2, 0.25) is 0 Å². The lowest BCUT2D eigenvalue weighted by molar-refractivity contribution is 0.148. The van der Waals surface area contributed by atoms with Gasteiger partial charge in [0.15, 0.2) is 0 Å². The molecule has 2 rings (SSSR count). The van der Waals surface area contributed by atoms with Gasteiger partial charge in [0.05, 0.1) is 10.6 Å². The fraction of sp³-hybridized carbons (Fsp3) is 0.500. The lowest BCUT2D eigenvalue weighted by Gasteiger charge is -2.10. The van der Waals surface area contributed by atoms with E-state index in [-0.39, 0.29) is 11.9 Å². The average molecular weight is 288 g/mol. The van der Waals surface area contributed by atoms with Crippen molar-refractivity contribution < 1.29 is 9.50 Å². The summed E-state index contributed by atoms with van der Waals surface area (Å²) in [6.45, 7) is 1.18. The number of benzene rings is 1. The van der Waals surface area contributed by atoms with Crippen molar-refractivity contribution in [3.63, 3.8) is 0 Å². The number of halogens is 2.